The lowest BCUT2D eigenvalue weighted by atomic mass is 10.1. The van der Waals surface area contributed by atoms with Crippen molar-refractivity contribution in [2.75, 3.05) is 26.7 Å². The van der Waals surface area contributed by atoms with Crippen LogP contribution in [0.1, 0.15) is 35.9 Å². The van der Waals surface area contributed by atoms with Crippen molar-refractivity contribution in [2.45, 2.75) is 32.4 Å². The predicted octanol–water partition coefficient (Wildman–Crippen LogP) is 4.36. The van der Waals surface area contributed by atoms with Gasteiger partial charge in [-0.25, -0.2) is 4.98 Å². The molecule has 7 nitrogen and oxygen atoms in total. The molecule has 31 heavy (non-hydrogen) atoms. The summed E-state index contributed by atoms with van der Waals surface area (Å²) in [6.45, 7) is 5.51. The van der Waals surface area contributed by atoms with Crippen molar-refractivity contribution in [2.24, 2.45) is 4.99 Å². The van der Waals surface area contributed by atoms with E-state index in [1.165, 1.54) is 18.4 Å². The fourth-order valence-electron chi connectivity index (χ4n) is 3.75. The standard InChI is InChI=1S/C23H29N5O2.HI/c1-17-7-9-18(10-8-17)22-27-19(16-30-22)14-25-23(24-2)26-15-20(21-6-5-13-29-21)28-11-3-4-12-28;/h5-10,13,16,20H,3-4,11-12,14-15H2,1-2H3,(H2,24,25,26);1H. The van der Waals surface area contributed by atoms with Gasteiger partial charge >= 0.3 is 0 Å². The van der Waals surface area contributed by atoms with Crippen LogP contribution in [0.4, 0.5) is 0 Å². The number of aliphatic imine (C=N–C) groups is 1. The van der Waals surface area contributed by atoms with Crippen LogP contribution in [-0.2, 0) is 6.54 Å². The number of guanidine groups is 1. The van der Waals surface area contributed by atoms with Gasteiger partial charge in [-0.1, -0.05) is 17.7 Å². The summed E-state index contributed by atoms with van der Waals surface area (Å²) in [5.74, 6) is 2.34. The fraction of sp³-hybridized carbons (Fsp3) is 0.391. The first-order chi connectivity index (χ1) is 14.7. The van der Waals surface area contributed by atoms with E-state index in [9.17, 15) is 0 Å². The van der Waals surface area contributed by atoms with Crippen molar-refractivity contribution in [3.05, 3.63) is 65.9 Å². The van der Waals surface area contributed by atoms with E-state index >= 15 is 0 Å². The summed E-state index contributed by atoms with van der Waals surface area (Å²) in [7, 11) is 1.77. The zero-order valence-corrected chi connectivity index (χ0v) is 20.3. The van der Waals surface area contributed by atoms with E-state index in [2.05, 4.69) is 44.6 Å². The number of furan rings is 1. The molecular formula is C23H30IN5O2. The second kappa shape index (κ2) is 11.3. The minimum atomic E-state index is 0. The highest BCUT2D eigenvalue weighted by atomic mass is 127. The third-order valence-corrected chi connectivity index (χ3v) is 5.43. The Bertz CT molecular complexity index is 947. The Morgan fingerprint density at radius 2 is 1.90 bits per heavy atom. The largest absolute Gasteiger partial charge is 0.468 e. The summed E-state index contributed by atoms with van der Waals surface area (Å²) in [6, 6.07) is 12.3. The zero-order chi connectivity index (χ0) is 20.8. The maximum Gasteiger partial charge on any atom is 0.226 e. The second-order valence-corrected chi connectivity index (χ2v) is 7.59. The summed E-state index contributed by atoms with van der Waals surface area (Å²) >= 11 is 0. The van der Waals surface area contributed by atoms with Crippen LogP contribution in [0.25, 0.3) is 11.5 Å². The molecule has 1 saturated heterocycles. The van der Waals surface area contributed by atoms with E-state index in [0.717, 1.165) is 42.6 Å². The van der Waals surface area contributed by atoms with Crippen LogP contribution in [0.2, 0.25) is 0 Å². The molecule has 0 aliphatic carbocycles. The molecule has 1 fully saturated rings. The first kappa shape index (κ1) is 23.3. The number of likely N-dealkylation sites (tertiary alicyclic amines) is 1. The fourth-order valence-corrected chi connectivity index (χ4v) is 3.75. The highest BCUT2D eigenvalue weighted by Gasteiger charge is 2.25. The van der Waals surface area contributed by atoms with Gasteiger partial charge in [0.25, 0.3) is 0 Å². The maximum atomic E-state index is 5.69. The van der Waals surface area contributed by atoms with E-state index < -0.39 is 0 Å². The third kappa shape index (κ3) is 6.10. The molecule has 166 valence electrons. The van der Waals surface area contributed by atoms with E-state index in [1.807, 2.05) is 24.3 Å². The quantitative estimate of drug-likeness (QED) is 0.266. The minimum absolute atomic E-state index is 0. The molecule has 1 aromatic carbocycles. The van der Waals surface area contributed by atoms with Crippen molar-refractivity contribution >= 4 is 29.9 Å². The molecule has 0 radical (unpaired) electrons. The monoisotopic (exact) mass is 535 g/mol. The van der Waals surface area contributed by atoms with Crippen LogP contribution in [0.3, 0.4) is 0 Å². The molecule has 2 aromatic heterocycles. The number of aryl methyl sites for hydroxylation is 1. The lowest BCUT2D eigenvalue weighted by Crippen LogP contribution is -2.42. The number of hydrogen-bond acceptors (Lipinski definition) is 5. The number of aromatic nitrogens is 1. The van der Waals surface area contributed by atoms with Crippen molar-refractivity contribution in [1.82, 2.24) is 20.5 Å². The summed E-state index contributed by atoms with van der Waals surface area (Å²) in [5.41, 5.74) is 3.01. The number of nitrogens with one attached hydrogen (secondary N) is 2. The molecule has 1 aliphatic rings. The topological polar surface area (TPSA) is 78.8 Å². The summed E-state index contributed by atoms with van der Waals surface area (Å²) < 4.78 is 11.3. The van der Waals surface area contributed by atoms with E-state index in [1.54, 1.807) is 19.6 Å². The van der Waals surface area contributed by atoms with E-state index in [0.29, 0.717) is 12.4 Å². The highest BCUT2D eigenvalue weighted by molar-refractivity contribution is 14.0. The number of hydrogen-bond donors (Lipinski definition) is 2. The van der Waals surface area contributed by atoms with Gasteiger partial charge in [0.2, 0.25) is 5.89 Å². The number of benzene rings is 1. The predicted molar refractivity (Wildman–Crippen MR) is 133 cm³/mol. The first-order valence-corrected chi connectivity index (χ1v) is 10.5. The molecule has 0 bridgehead atoms. The van der Waals surface area contributed by atoms with Crippen LogP contribution in [0.15, 0.2) is 62.8 Å². The Morgan fingerprint density at radius 3 is 2.58 bits per heavy atom. The molecule has 1 aliphatic heterocycles. The second-order valence-electron chi connectivity index (χ2n) is 7.59. The van der Waals surface area contributed by atoms with Crippen molar-refractivity contribution in [1.29, 1.82) is 0 Å². The summed E-state index contributed by atoms with van der Waals surface area (Å²) in [6.07, 6.45) is 5.90. The lowest BCUT2D eigenvalue weighted by Gasteiger charge is -2.26. The van der Waals surface area contributed by atoms with Gasteiger partial charge in [0, 0.05) is 19.2 Å². The minimum Gasteiger partial charge on any atom is -0.468 e. The lowest BCUT2D eigenvalue weighted by molar-refractivity contribution is 0.215. The number of oxazole rings is 1. The number of nitrogens with zero attached hydrogens (tertiary/aromatic N) is 3. The SMILES string of the molecule is CN=C(NCc1coc(-c2ccc(C)cc2)n1)NCC(c1ccco1)N1CCCC1.I. The smallest absolute Gasteiger partial charge is 0.226 e. The number of rotatable bonds is 7. The molecule has 4 rings (SSSR count). The average Bonchev–Trinajstić information content (AvgIpc) is 3.54. The van der Waals surface area contributed by atoms with Crippen LogP contribution in [0.5, 0.6) is 0 Å². The highest BCUT2D eigenvalue weighted by Crippen LogP contribution is 2.25. The van der Waals surface area contributed by atoms with Gasteiger partial charge < -0.3 is 19.5 Å². The average molecular weight is 535 g/mol. The molecule has 1 atom stereocenters. The van der Waals surface area contributed by atoms with Crippen molar-refractivity contribution in [3.8, 4) is 11.5 Å². The van der Waals surface area contributed by atoms with Crippen LogP contribution >= 0.6 is 24.0 Å². The Balaban J connectivity index is 0.00000272. The summed E-state index contributed by atoms with van der Waals surface area (Å²) in [5, 5.41) is 6.75. The molecule has 3 aromatic rings. The Hall–Kier alpha value is -2.33. The maximum absolute atomic E-state index is 5.69. The van der Waals surface area contributed by atoms with Gasteiger partial charge in [-0.3, -0.25) is 9.89 Å². The molecule has 0 saturated carbocycles. The van der Waals surface area contributed by atoms with Gasteiger partial charge in [-0.15, -0.1) is 24.0 Å². The van der Waals surface area contributed by atoms with E-state index in [-0.39, 0.29) is 30.0 Å². The van der Waals surface area contributed by atoms with Gasteiger partial charge in [0.1, 0.15) is 12.0 Å². The van der Waals surface area contributed by atoms with Crippen molar-refractivity contribution in [3.63, 3.8) is 0 Å². The van der Waals surface area contributed by atoms with Gasteiger partial charge in [0.05, 0.1) is 24.5 Å². The van der Waals surface area contributed by atoms with E-state index in [4.69, 9.17) is 8.83 Å². The molecule has 3 heterocycles. The Morgan fingerprint density at radius 1 is 1.13 bits per heavy atom. The van der Waals surface area contributed by atoms with Crippen molar-refractivity contribution < 1.29 is 8.83 Å². The van der Waals surface area contributed by atoms with Gasteiger partial charge in [-0.05, 0) is 57.1 Å². The molecule has 0 amide bonds. The molecule has 1 unspecified atom stereocenters. The summed E-state index contributed by atoms with van der Waals surface area (Å²) in [4.78, 5) is 11.4. The zero-order valence-electron chi connectivity index (χ0n) is 18.0. The molecule has 2 N–H and O–H groups in total. The van der Waals surface area contributed by atoms with Gasteiger partial charge in [0.15, 0.2) is 5.96 Å². The first-order valence-electron chi connectivity index (χ1n) is 10.5. The van der Waals surface area contributed by atoms with Crippen LogP contribution < -0.4 is 10.6 Å². The molecular weight excluding hydrogens is 505 g/mol. The normalized spacial score (nSPS) is 15.5. The Kier molecular flexibility index (Phi) is 8.53. The number of halogens is 1. The van der Waals surface area contributed by atoms with Crippen LogP contribution in [-0.4, -0.2) is 42.5 Å². The molecule has 8 heteroatoms. The molecule has 0 spiro atoms. The Labute approximate surface area is 200 Å². The van der Waals surface area contributed by atoms with Gasteiger partial charge in [-0.2, -0.15) is 0 Å². The van der Waals surface area contributed by atoms with Crippen LogP contribution in [0, 0.1) is 6.92 Å². The third-order valence-electron chi connectivity index (χ3n) is 5.43.